The fourth-order valence-corrected chi connectivity index (χ4v) is 5.84. The molecule has 53 heavy (non-hydrogen) atoms. The van der Waals surface area contributed by atoms with Crippen LogP contribution in [0.1, 0.15) is 92.9 Å². The number of carbonyl (C=O) groups excluding carboxylic acids is 7. The van der Waals surface area contributed by atoms with Crippen molar-refractivity contribution in [3.63, 3.8) is 0 Å². The Morgan fingerprint density at radius 3 is 1.77 bits per heavy atom. The zero-order chi connectivity index (χ0) is 40.2. The summed E-state index contributed by atoms with van der Waals surface area (Å²) in [5, 5.41) is 13.4. The Kier molecular flexibility index (Phi) is 20.5. The van der Waals surface area contributed by atoms with Crippen LogP contribution < -0.4 is 49.5 Å². The number of carbonyl (C=O) groups is 7. The Labute approximate surface area is 312 Å². The van der Waals surface area contributed by atoms with Gasteiger partial charge in [-0.25, -0.2) is 0 Å². The summed E-state index contributed by atoms with van der Waals surface area (Å²) in [5.41, 5.74) is 21.4. The lowest BCUT2D eigenvalue weighted by molar-refractivity contribution is -0.143. The second kappa shape index (κ2) is 23.6. The van der Waals surface area contributed by atoms with Gasteiger partial charge in [0.25, 0.3) is 0 Å². The molecule has 0 aromatic carbocycles. The zero-order valence-corrected chi connectivity index (χ0v) is 32.0. The van der Waals surface area contributed by atoms with Crippen LogP contribution in [0.15, 0.2) is 9.98 Å². The molecule has 0 spiro atoms. The van der Waals surface area contributed by atoms with Crippen molar-refractivity contribution in [3.05, 3.63) is 0 Å². The van der Waals surface area contributed by atoms with Gasteiger partial charge in [-0.1, -0.05) is 27.7 Å². The number of nitrogens with one attached hydrogen (secondary N) is 5. The summed E-state index contributed by atoms with van der Waals surface area (Å²) in [5.74, 6) is -3.40. The van der Waals surface area contributed by atoms with Crippen LogP contribution in [0.4, 0.5) is 0 Å². The van der Waals surface area contributed by atoms with Gasteiger partial charge in [0.2, 0.25) is 35.4 Å². The van der Waals surface area contributed by atoms with Crippen LogP contribution in [0.2, 0.25) is 0 Å². The number of likely N-dealkylation sites (tertiary alicyclic amines) is 1. The highest BCUT2D eigenvalue weighted by molar-refractivity contribution is 5.96. The Hall–Kier alpha value is -4.97. The molecule has 0 aromatic heterocycles. The smallest absolute Gasteiger partial charge is 0.245 e. The minimum atomic E-state index is -1.03. The molecule has 13 N–H and O–H groups in total. The Balaban J connectivity index is 3.06. The van der Waals surface area contributed by atoms with Gasteiger partial charge in [-0.05, 0) is 70.1 Å². The predicted octanol–water partition coefficient (Wildman–Crippen LogP) is -2.16. The van der Waals surface area contributed by atoms with Crippen molar-refractivity contribution in [3.8, 4) is 0 Å². The normalized spacial score (nSPS) is 16.7. The first-order valence-corrected chi connectivity index (χ1v) is 18.2. The maximum absolute atomic E-state index is 14.0. The van der Waals surface area contributed by atoms with Gasteiger partial charge in [0.05, 0.1) is 6.04 Å². The van der Waals surface area contributed by atoms with E-state index in [0.29, 0.717) is 38.4 Å². The molecule has 0 saturated carbocycles. The topological polar surface area (TPSA) is 312 Å². The first kappa shape index (κ1) is 46.1. The zero-order valence-electron chi connectivity index (χ0n) is 32.0. The van der Waals surface area contributed by atoms with E-state index in [1.807, 2.05) is 27.7 Å². The number of aldehydes is 1. The van der Waals surface area contributed by atoms with Crippen LogP contribution in [0.5, 0.6) is 0 Å². The SMILES string of the molecule is CC(=O)N[C@@H](CCCN=C(N)N)C(=O)N[C@@H](CC(C)C)C(=O)N[C@@H](CC(C)C)C(=O)N1CCC[C@H]1C(=O)N[C@@H](C)C(=O)N[C@H](C=O)CCCN=C(N)N. The van der Waals surface area contributed by atoms with E-state index in [1.54, 1.807) is 0 Å². The highest BCUT2D eigenvalue weighted by atomic mass is 16.2. The molecule has 6 amide bonds. The number of hydrogen-bond donors (Lipinski definition) is 9. The van der Waals surface area contributed by atoms with Gasteiger partial charge in [0, 0.05) is 26.6 Å². The highest BCUT2D eigenvalue weighted by Crippen LogP contribution is 2.21. The molecular weight excluding hydrogens is 688 g/mol. The number of hydrogen-bond acceptors (Lipinski definition) is 9. The molecule has 0 bridgehead atoms. The van der Waals surface area contributed by atoms with Crippen molar-refractivity contribution >= 4 is 53.6 Å². The maximum Gasteiger partial charge on any atom is 0.245 e. The average molecular weight is 751 g/mol. The van der Waals surface area contributed by atoms with Crippen molar-refractivity contribution in [2.45, 2.75) is 129 Å². The van der Waals surface area contributed by atoms with E-state index in [1.165, 1.54) is 18.7 Å². The second-order valence-electron chi connectivity index (χ2n) is 14.2. The minimum Gasteiger partial charge on any atom is -0.370 e. The molecule has 19 nitrogen and oxygen atoms in total. The molecule has 0 aliphatic carbocycles. The van der Waals surface area contributed by atoms with Gasteiger partial charge in [0.15, 0.2) is 11.9 Å². The lowest BCUT2D eigenvalue weighted by atomic mass is 9.99. The van der Waals surface area contributed by atoms with Crippen molar-refractivity contribution in [2.24, 2.45) is 44.8 Å². The van der Waals surface area contributed by atoms with Crippen LogP contribution in [0, 0.1) is 11.8 Å². The van der Waals surface area contributed by atoms with Crippen LogP contribution in [-0.2, 0) is 33.6 Å². The second-order valence-corrected chi connectivity index (χ2v) is 14.2. The maximum atomic E-state index is 14.0. The molecule has 0 unspecified atom stereocenters. The number of rotatable bonds is 23. The van der Waals surface area contributed by atoms with E-state index in [-0.39, 0.29) is 62.7 Å². The van der Waals surface area contributed by atoms with Crippen LogP contribution >= 0.6 is 0 Å². The molecule has 1 saturated heterocycles. The largest absolute Gasteiger partial charge is 0.370 e. The van der Waals surface area contributed by atoms with E-state index in [0.717, 1.165) is 0 Å². The fraction of sp³-hybridized carbons (Fsp3) is 0.735. The molecule has 1 aliphatic rings. The number of nitrogens with two attached hydrogens (primary N) is 4. The first-order valence-electron chi connectivity index (χ1n) is 18.2. The third-order valence-corrected chi connectivity index (χ3v) is 8.35. The van der Waals surface area contributed by atoms with E-state index in [2.05, 4.69) is 36.6 Å². The third-order valence-electron chi connectivity index (χ3n) is 8.35. The van der Waals surface area contributed by atoms with E-state index < -0.39 is 71.7 Å². The number of guanidine groups is 2. The molecule has 1 rings (SSSR count). The van der Waals surface area contributed by atoms with E-state index in [4.69, 9.17) is 22.9 Å². The van der Waals surface area contributed by atoms with Gasteiger partial charge in [-0.15, -0.1) is 0 Å². The highest BCUT2D eigenvalue weighted by Gasteiger charge is 2.39. The van der Waals surface area contributed by atoms with Crippen LogP contribution in [0.25, 0.3) is 0 Å². The van der Waals surface area contributed by atoms with E-state index >= 15 is 0 Å². The van der Waals surface area contributed by atoms with Crippen LogP contribution in [0.3, 0.4) is 0 Å². The summed E-state index contributed by atoms with van der Waals surface area (Å²) in [4.78, 5) is 99.9. The van der Waals surface area contributed by atoms with Gasteiger partial charge >= 0.3 is 0 Å². The number of aliphatic imine (C=N–C) groups is 2. The molecule has 300 valence electrons. The standard InChI is InChI=1S/C34H62N12O7/c1-19(2)16-25(44-29(50)24(42-22(6)48)11-8-14-40-34(37)38)30(51)45-26(17-20(3)4)32(53)46-15-9-12-27(46)31(52)41-21(5)28(49)43-23(18-47)10-7-13-39-33(35)36/h18-21,23-27H,7-17H2,1-6H3,(H,41,52)(H,42,48)(H,43,49)(H,44,50)(H,45,51)(H4,35,36,39)(H4,37,38,40)/t21-,23-,24-,25-,26-,27-/m0/s1. The van der Waals surface area contributed by atoms with Gasteiger partial charge in [-0.2, -0.15) is 0 Å². The minimum absolute atomic E-state index is 0.0243. The Morgan fingerprint density at radius 1 is 0.717 bits per heavy atom. The molecule has 0 aromatic rings. The third kappa shape index (κ3) is 17.9. The summed E-state index contributed by atoms with van der Waals surface area (Å²) in [7, 11) is 0. The molecule has 19 heteroatoms. The summed E-state index contributed by atoms with van der Waals surface area (Å²) in [6.45, 7) is 11.1. The van der Waals surface area contributed by atoms with Gasteiger partial charge in [-0.3, -0.25) is 38.8 Å². The number of nitrogens with zero attached hydrogens (tertiary/aromatic N) is 3. The summed E-state index contributed by atoms with van der Waals surface area (Å²) >= 11 is 0. The van der Waals surface area contributed by atoms with Crippen LogP contribution in [-0.4, -0.2) is 114 Å². The van der Waals surface area contributed by atoms with Gasteiger partial charge < -0.3 is 59.2 Å². The Morgan fingerprint density at radius 2 is 1.25 bits per heavy atom. The Bertz CT molecular complexity index is 1310. The lowest BCUT2D eigenvalue weighted by Gasteiger charge is -2.31. The van der Waals surface area contributed by atoms with E-state index in [9.17, 15) is 33.6 Å². The number of amides is 6. The van der Waals surface area contributed by atoms with Crippen molar-refractivity contribution in [1.82, 2.24) is 31.5 Å². The summed E-state index contributed by atoms with van der Waals surface area (Å²) in [6.07, 6.45) is 3.30. The fourth-order valence-electron chi connectivity index (χ4n) is 5.84. The molecule has 0 radical (unpaired) electrons. The predicted molar refractivity (Wildman–Crippen MR) is 201 cm³/mol. The average Bonchev–Trinajstić information content (AvgIpc) is 3.56. The molecule has 1 fully saturated rings. The molecular formula is C34H62N12O7. The first-order chi connectivity index (χ1) is 24.9. The molecule has 6 atom stereocenters. The summed E-state index contributed by atoms with van der Waals surface area (Å²) < 4.78 is 0. The monoisotopic (exact) mass is 750 g/mol. The quantitative estimate of drug-likeness (QED) is 0.0234. The van der Waals surface area contributed by atoms with Crippen molar-refractivity contribution in [2.75, 3.05) is 19.6 Å². The summed E-state index contributed by atoms with van der Waals surface area (Å²) in [6, 6.07) is -5.71. The lowest BCUT2D eigenvalue weighted by Crippen LogP contribution is -2.59. The van der Waals surface area contributed by atoms with Gasteiger partial charge in [0.1, 0.15) is 36.5 Å². The molecule has 1 heterocycles. The van der Waals surface area contributed by atoms with Crippen molar-refractivity contribution < 1.29 is 33.6 Å². The molecule has 1 aliphatic heterocycles. The van der Waals surface area contributed by atoms with Crippen molar-refractivity contribution in [1.29, 1.82) is 0 Å².